The van der Waals surface area contributed by atoms with Gasteiger partial charge in [-0.05, 0) is 18.2 Å². The summed E-state index contributed by atoms with van der Waals surface area (Å²) >= 11 is 0. The predicted octanol–water partition coefficient (Wildman–Crippen LogP) is 0.0306. The normalized spacial score (nSPS) is 18.6. The Hall–Kier alpha value is -2.44. The number of cyclic esters (lactones) is 1. The van der Waals surface area contributed by atoms with Crippen LogP contribution in [0.2, 0.25) is 0 Å². The van der Waals surface area contributed by atoms with Gasteiger partial charge in [0.1, 0.15) is 6.10 Å². The maximum absolute atomic E-state index is 12.2. The Balaban J connectivity index is 2.07. The molecule has 2 heterocycles. The second-order valence-electron chi connectivity index (χ2n) is 4.61. The highest BCUT2D eigenvalue weighted by atomic mass is 16.6. The monoisotopic (exact) mass is 262 g/mol. The van der Waals surface area contributed by atoms with Crippen LogP contribution < -0.4 is 16.7 Å². The van der Waals surface area contributed by atoms with E-state index in [0.717, 1.165) is 11.0 Å². The van der Waals surface area contributed by atoms with E-state index in [9.17, 15) is 9.59 Å². The largest absolute Gasteiger partial charge is 0.442 e. The van der Waals surface area contributed by atoms with Crippen LogP contribution >= 0.6 is 0 Å². The fourth-order valence-electron chi connectivity index (χ4n) is 2.34. The van der Waals surface area contributed by atoms with E-state index in [2.05, 4.69) is 5.32 Å². The molecule has 0 aliphatic carbocycles. The van der Waals surface area contributed by atoms with Gasteiger partial charge in [0.25, 0.3) is 0 Å². The lowest BCUT2D eigenvalue weighted by Crippen LogP contribution is -2.29. The second kappa shape index (κ2) is 4.04. The van der Waals surface area contributed by atoms with E-state index < -0.39 is 6.09 Å². The summed E-state index contributed by atoms with van der Waals surface area (Å²) in [6, 6.07) is 5.31. The number of amides is 1. The summed E-state index contributed by atoms with van der Waals surface area (Å²) in [5.41, 5.74) is 7.75. The van der Waals surface area contributed by atoms with Gasteiger partial charge >= 0.3 is 11.8 Å². The number of nitrogens with zero attached hydrogens (tertiary/aromatic N) is 2. The van der Waals surface area contributed by atoms with Crippen molar-refractivity contribution in [1.82, 2.24) is 14.5 Å². The number of carbonyl (C=O) groups is 1. The van der Waals surface area contributed by atoms with Gasteiger partial charge in [0.05, 0.1) is 24.1 Å². The van der Waals surface area contributed by atoms with Gasteiger partial charge < -0.3 is 15.8 Å². The summed E-state index contributed by atoms with van der Waals surface area (Å²) in [4.78, 5) is 23.2. The molecule has 1 aliphatic rings. The first-order valence-electron chi connectivity index (χ1n) is 5.95. The zero-order chi connectivity index (χ0) is 13.6. The Morgan fingerprint density at radius 1 is 1.42 bits per heavy atom. The van der Waals surface area contributed by atoms with Crippen LogP contribution in [0.1, 0.15) is 0 Å². The Kier molecular flexibility index (Phi) is 2.48. The van der Waals surface area contributed by atoms with Crippen LogP contribution in [-0.2, 0) is 18.3 Å². The highest BCUT2D eigenvalue weighted by molar-refractivity contribution is 5.79. The number of imidazole rings is 1. The minimum absolute atomic E-state index is 0.149. The van der Waals surface area contributed by atoms with Crippen molar-refractivity contribution in [3.63, 3.8) is 0 Å². The quantitative estimate of drug-likeness (QED) is 0.747. The van der Waals surface area contributed by atoms with Crippen LogP contribution in [0.15, 0.2) is 23.0 Å². The topological polar surface area (TPSA) is 91.3 Å². The number of nitrogens with two attached hydrogens (primary N) is 1. The van der Waals surface area contributed by atoms with Crippen LogP contribution in [0.3, 0.4) is 0 Å². The van der Waals surface area contributed by atoms with Gasteiger partial charge in [-0.25, -0.2) is 9.59 Å². The van der Waals surface area contributed by atoms with Crippen LogP contribution in [0.25, 0.3) is 11.0 Å². The molecule has 1 aliphatic heterocycles. The molecule has 1 aromatic heterocycles. The van der Waals surface area contributed by atoms with Crippen molar-refractivity contribution in [1.29, 1.82) is 0 Å². The molecule has 1 atom stereocenters. The number of hydrogen-bond donors (Lipinski definition) is 2. The molecule has 19 heavy (non-hydrogen) atoms. The number of rotatable bonds is 2. The van der Waals surface area contributed by atoms with E-state index in [0.29, 0.717) is 18.8 Å². The molecule has 1 aromatic carbocycles. The van der Waals surface area contributed by atoms with Crippen LogP contribution in [-0.4, -0.2) is 27.9 Å². The lowest BCUT2D eigenvalue weighted by molar-refractivity contribution is 0.131. The summed E-state index contributed by atoms with van der Waals surface area (Å²) in [6.07, 6.45) is -0.782. The molecule has 0 radical (unpaired) electrons. The molecule has 0 saturated carbocycles. The predicted molar refractivity (Wildman–Crippen MR) is 69.9 cm³/mol. The molecule has 7 nitrogen and oxygen atoms in total. The molecule has 3 rings (SSSR count). The van der Waals surface area contributed by atoms with Crippen LogP contribution in [0.4, 0.5) is 10.5 Å². The Bertz CT molecular complexity index is 716. The Morgan fingerprint density at radius 2 is 2.21 bits per heavy atom. The van der Waals surface area contributed by atoms with Gasteiger partial charge in [-0.3, -0.25) is 9.13 Å². The summed E-state index contributed by atoms with van der Waals surface area (Å²) in [5.74, 6) is 0. The zero-order valence-electron chi connectivity index (χ0n) is 10.4. The minimum Gasteiger partial charge on any atom is -0.442 e. The summed E-state index contributed by atoms with van der Waals surface area (Å²) < 4.78 is 8.19. The number of aromatic nitrogens is 2. The van der Waals surface area contributed by atoms with E-state index in [-0.39, 0.29) is 11.8 Å². The third-order valence-electron chi connectivity index (χ3n) is 3.30. The third-order valence-corrected chi connectivity index (χ3v) is 3.30. The van der Waals surface area contributed by atoms with E-state index in [4.69, 9.17) is 10.5 Å². The number of ether oxygens (including phenoxy) is 1. The number of hydrogen-bond acceptors (Lipinski definition) is 4. The number of fused-ring (bicyclic) bond motifs is 1. The van der Waals surface area contributed by atoms with Gasteiger partial charge in [-0.2, -0.15) is 0 Å². The van der Waals surface area contributed by atoms with Crippen molar-refractivity contribution < 1.29 is 9.53 Å². The number of nitrogens with one attached hydrogen (secondary N) is 1. The smallest absolute Gasteiger partial charge is 0.407 e. The van der Waals surface area contributed by atoms with Gasteiger partial charge in [0.2, 0.25) is 0 Å². The average molecular weight is 262 g/mol. The van der Waals surface area contributed by atoms with Crippen molar-refractivity contribution in [2.24, 2.45) is 7.05 Å². The maximum atomic E-state index is 12.2. The number of carbonyl (C=O) groups excluding carboxylic acids is 1. The maximum Gasteiger partial charge on any atom is 0.407 e. The first-order valence-corrected chi connectivity index (χ1v) is 5.95. The van der Waals surface area contributed by atoms with Gasteiger partial charge in [-0.1, -0.05) is 0 Å². The highest BCUT2D eigenvalue weighted by Gasteiger charge is 2.24. The third kappa shape index (κ3) is 1.83. The van der Waals surface area contributed by atoms with Gasteiger partial charge in [0.15, 0.2) is 0 Å². The summed E-state index contributed by atoms with van der Waals surface area (Å²) in [7, 11) is 1.70. The second-order valence-corrected chi connectivity index (χ2v) is 4.61. The molecule has 0 spiro atoms. The number of benzene rings is 1. The molecule has 0 bridgehead atoms. The number of aryl methyl sites for hydroxylation is 1. The van der Waals surface area contributed by atoms with Gasteiger partial charge in [-0.15, -0.1) is 0 Å². The Morgan fingerprint density at radius 3 is 2.89 bits per heavy atom. The molecule has 2 aromatic rings. The number of alkyl carbamates (subject to hydrolysis) is 1. The molecule has 3 N–H and O–H groups in total. The molecule has 100 valence electrons. The van der Waals surface area contributed by atoms with E-state index in [1.807, 2.05) is 6.07 Å². The first-order chi connectivity index (χ1) is 9.06. The van der Waals surface area contributed by atoms with Crippen LogP contribution in [0, 0.1) is 0 Å². The molecule has 7 heteroatoms. The van der Waals surface area contributed by atoms with Gasteiger partial charge in [0, 0.05) is 12.7 Å². The van der Waals surface area contributed by atoms with Crippen molar-refractivity contribution in [2.45, 2.75) is 12.6 Å². The summed E-state index contributed by atoms with van der Waals surface area (Å²) in [5, 5.41) is 2.57. The van der Waals surface area contributed by atoms with Crippen molar-refractivity contribution in [3.05, 3.63) is 28.7 Å². The zero-order valence-corrected chi connectivity index (χ0v) is 10.4. The lowest BCUT2D eigenvalue weighted by atomic mass is 10.2. The standard InChI is InChI=1S/C12H14N4O3/c1-15-9-3-2-7(13)4-10(9)16(12(15)18)6-8-5-14-11(17)19-8/h2-4,8H,5-6,13H2,1H3,(H,14,17)/t8-/m1/s1. The average Bonchev–Trinajstić information content (AvgIpc) is 2.88. The van der Waals surface area contributed by atoms with Crippen molar-refractivity contribution in [3.8, 4) is 0 Å². The molecular formula is C12H14N4O3. The molecule has 1 fully saturated rings. The SMILES string of the molecule is Cn1c(=O)n(C[C@H]2CNC(=O)O2)c2cc(N)ccc21. The first kappa shape index (κ1) is 11.6. The highest BCUT2D eigenvalue weighted by Crippen LogP contribution is 2.17. The molecular weight excluding hydrogens is 248 g/mol. The molecule has 1 saturated heterocycles. The summed E-state index contributed by atoms with van der Waals surface area (Å²) in [6.45, 7) is 0.725. The van der Waals surface area contributed by atoms with E-state index in [1.54, 1.807) is 28.3 Å². The van der Waals surface area contributed by atoms with E-state index >= 15 is 0 Å². The number of nitrogen functional groups attached to an aromatic ring is 1. The Labute approximate surface area is 108 Å². The van der Waals surface area contributed by atoms with E-state index in [1.165, 1.54) is 0 Å². The van der Waals surface area contributed by atoms with Crippen molar-refractivity contribution in [2.75, 3.05) is 12.3 Å². The van der Waals surface area contributed by atoms with Crippen molar-refractivity contribution >= 4 is 22.8 Å². The van der Waals surface area contributed by atoms with Crippen LogP contribution in [0.5, 0.6) is 0 Å². The fourth-order valence-corrected chi connectivity index (χ4v) is 2.34. The minimum atomic E-state index is -0.446. The lowest BCUT2D eigenvalue weighted by Gasteiger charge is -2.08. The number of anilines is 1. The molecule has 1 amide bonds. The molecule has 0 unspecified atom stereocenters. The fraction of sp³-hybridized carbons (Fsp3) is 0.333.